The summed E-state index contributed by atoms with van der Waals surface area (Å²) in [6, 6.07) is 0.0871. The lowest BCUT2D eigenvalue weighted by Crippen LogP contribution is -2.11. The van der Waals surface area contributed by atoms with Gasteiger partial charge in [-0.3, -0.25) is 0 Å². The highest BCUT2D eigenvalue weighted by atomic mass is 15.1. The smallest absolute Gasteiger partial charge is 0.0948 e. The summed E-state index contributed by atoms with van der Waals surface area (Å²) < 4.78 is 2.10. The molecule has 0 radical (unpaired) electrons. The van der Waals surface area contributed by atoms with Crippen molar-refractivity contribution < 1.29 is 0 Å². The van der Waals surface area contributed by atoms with Crippen molar-refractivity contribution in [2.45, 2.75) is 32.9 Å². The Balaban J connectivity index is 2.78. The van der Waals surface area contributed by atoms with Crippen LogP contribution in [0.4, 0.5) is 0 Å². The molecule has 2 N–H and O–H groups in total. The molecule has 1 atom stereocenters. The van der Waals surface area contributed by atoms with E-state index in [1.807, 2.05) is 19.4 Å². The van der Waals surface area contributed by atoms with Crippen molar-refractivity contribution in [3.05, 3.63) is 18.2 Å². The van der Waals surface area contributed by atoms with Gasteiger partial charge in [0.2, 0.25) is 0 Å². The van der Waals surface area contributed by atoms with E-state index in [2.05, 4.69) is 16.5 Å². The van der Waals surface area contributed by atoms with Gasteiger partial charge in [-0.05, 0) is 13.3 Å². The molecule has 0 aromatic carbocycles. The summed E-state index contributed by atoms with van der Waals surface area (Å²) in [6.07, 6.45) is 4.79. The predicted octanol–water partition coefficient (Wildman–Crippen LogP) is 1.31. The predicted molar refractivity (Wildman–Crippen MR) is 45.1 cm³/mol. The fourth-order valence-corrected chi connectivity index (χ4v) is 1.14. The maximum Gasteiger partial charge on any atom is 0.0948 e. The first kappa shape index (κ1) is 8.27. The first-order valence-electron chi connectivity index (χ1n) is 4.01. The van der Waals surface area contributed by atoms with Gasteiger partial charge in [0.05, 0.1) is 12.0 Å². The third-order valence-corrected chi connectivity index (χ3v) is 1.68. The summed E-state index contributed by atoms with van der Waals surface area (Å²) in [5.41, 5.74) is 6.85. The molecule has 0 unspecified atom stereocenters. The summed E-state index contributed by atoms with van der Waals surface area (Å²) in [5.74, 6) is 0. The van der Waals surface area contributed by atoms with Crippen molar-refractivity contribution in [2.75, 3.05) is 0 Å². The monoisotopic (exact) mass is 153 g/mol. The molecule has 1 rings (SSSR count). The van der Waals surface area contributed by atoms with Crippen molar-refractivity contribution in [1.29, 1.82) is 0 Å². The fraction of sp³-hybridized carbons (Fsp3) is 0.625. The molecule has 3 heteroatoms. The minimum Gasteiger partial charge on any atom is -0.333 e. The summed E-state index contributed by atoms with van der Waals surface area (Å²) >= 11 is 0. The van der Waals surface area contributed by atoms with Crippen molar-refractivity contribution >= 4 is 0 Å². The molecule has 62 valence electrons. The van der Waals surface area contributed by atoms with E-state index >= 15 is 0 Å². The zero-order chi connectivity index (χ0) is 8.27. The minimum absolute atomic E-state index is 0.0871. The SMILES string of the molecule is CCCn1cncc1[C@H](C)N. The fourth-order valence-electron chi connectivity index (χ4n) is 1.14. The van der Waals surface area contributed by atoms with Crippen LogP contribution in [0.1, 0.15) is 32.0 Å². The van der Waals surface area contributed by atoms with Gasteiger partial charge in [-0.1, -0.05) is 6.92 Å². The van der Waals surface area contributed by atoms with Gasteiger partial charge < -0.3 is 10.3 Å². The Morgan fingerprint density at radius 3 is 3.00 bits per heavy atom. The van der Waals surface area contributed by atoms with Crippen LogP contribution in [-0.2, 0) is 6.54 Å². The largest absolute Gasteiger partial charge is 0.333 e. The lowest BCUT2D eigenvalue weighted by molar-refractivity contribution is 0.614. The Bertz CT molecular complexity index is 215. The molecule has 1 aromatic heterocycles. The number of aromatic nitrogens is 2. The van der Waals surface area contributed by atoms with E-state index in [0.29, 0.717) is 0 Å². The molecule has 11 heavy (non-hydrogen) atoms. The van der Waals surface area contributed by atoms with Crippen LogP contribution >= 0.6 is 0 Å². The number of rotatable bonds is 3. The van der Waals surface area contributed by atoms with Crippen LogP contribution in [0.15, 0.2) is 12.5 Å². The molecule has 0 spiro atoms. The van der Waals surface area contributed by atoms with Crippen molar-refractivity contribution in [1.82, 2.24) is 9.55 Å². The van der Waals surface area contributed by atoms with E-state index in [0.717, 1.165) is 18.7 Å². The molecule has 0 aliphatic rings. The molecule has 0 amide bonds. The molecule has 3 nitrogen and oxygen atoms in total. The van der Waals surface area contributed by atoms with Gasteiger partial charge in [0, 0.05) is 18.8 Å². The molecule has 0 saturated carbocycles. The van der Waals surface area contributed by atoms with E-state index < -0.39 is 0 Å². The Morgan fingerprint density at radius 1 is 1.73 bits per heavy atom. The lowest BCUT2D eigenvalue weighted by atomic mass is 10.2. The van der Waals surface area contributed by atoms with Crippen molar-refractivity contribution in [3.8, 4) is 0 Å². The number of hydrogen-bond donors (Lipinski definition) is 1. The summed E-state index contributed by atoms with van der Waals surface area (Å²) in [7, 11) is 0. The van der Waals surface area contributed by atoms with Crippen molar-refractivity contribution in [2.24, 2.45) is 5.73 Å². The Labute approximate surface area is 67.2 Å². The first-order chi connectivity index (χ1) is 5.25. The number of nitrogens with two attached hydrogens (primary N) is 1. The molecule has 0 fully saturated rings. The molecular weight excluding hydrogens is 138 g/mol. The molecule has 0 aliphatic heterocycles. The second kappa shape index (κ2) is 3.53. The van der Waals surface area contributed by atoms with Gasteiger partial charge in [-0.2, -0.15) is 0 Å². The number of nitrogens with zero attached hydrogens (tertiary/aromatic N) is 2. The normalized spacial score (nSPS) is 13.4. The van der Waals surface area contributed by atoms with E-state index in [9.17, 15) is 0 Å². The Morgan fingerprint density at radius 2 is 2.45 bits per heavy atom. The summed E-state index contributed by atoms with van der Waals surface area (Å²) in [6.45, 7) is 5.13. The highest BCUT2D eigenvalue weighted by molar-refractivity contribution is 5.02. The van der Waals surface area contributed by atoms with Crippen LogP contribution < -0.4 is 5.73 Å². The van der Waals surface area contributed by atoms with Crippen LogP contribution in [0.3, 0.4) is 0 Å². The first-order valence-corrected chi connectivity index (χ1v) is 4.01. The molecule has 1 heterocycles. The zero-order valence-electron chi connectivity index (χ0n) is 7.12. The minimum atomic E-state index is 0.0871. The second-order valence-corrected chi connectivity index (χ2v) is 2.80. The van der Waals surface area contributed by atoms with Gasteiger partial charge >= 0.3 is 0 Å². The highest BCUT2D eigenvalue weighted by Gasteiger charge is 2.04. The van der Waals surface area contributed by atoms with Crippen molar-refractivity contribution in [3.63, 3.8) is 0 Å². The maximum absolute atomic E-state index is 5.73. The van der Waals surface area contributed by atoms with Gasteiger partial charge in [-0.25, -0.2) is 4.98 Å². The quantitative estimate of drug-likeness (QED) is 0.711. The van der Waals surface area contributed by atoms with Crippen LogP contribution in [0.2, 0.25) is 0 Å². The average Bonchev–Trinajstić information content (AvgIpc) is 2.36. The maximum atomic E-state index is 5.73. The average molecular weight is 153 g/mol. The van der Waals surface area contributed by atoms with Gasteiger partial charge in [-0.15, -0.1) is 0 Å². The van der Waals surface area contributed by atoms with E-state index in [1.54, 1.807) is 0 Å². The number of aryl methyl sites for hydroxylation is 1. The highest BCUT2D eigenvalue weighted by Crippen LogP contribution is 2.08. The van der Waals surface area contributed by atoms with E-state index in [1.165, 1.54) is 0 Å². The third-order valence-electron chi connectivity index (χ3n) is 1.68. The lowest BCUT2D eigenvalue weighted by Gasteiger charge is -2.08. The molecular formula is C8H15N3. The van der Waals surface area contributed by atoms with Crippen LogP contribution in [0.25, 0.3) is 0 Å². The van der Waals surface area contributed by atoms with Crippen LogP contribution in [-0.4, -0.2) is 9.55 Å². The van der Waals surface area contributed by atoms with E-state index in [-0.39, 0.29) is 6.04 Å². The van der Waals surface area contributed by atoms with Crippen LogP contribution in [0, 0.1) is 0 Å². The van der Waals surface area contributed by atoms with Gasteiger partial charge in [0.25, 0.3) is 0 Å². The molecule has 0 aliphatic carbocycles. The van der Waals surface area contributed by atoms with Crippen LogP contribution in [0.5, 0.6) is 0 Å². The van der Waals surface area contributed by atoms with E-state index in [4.69, 9.17) is 5.73 Å². The molecule has 0 saturated heterocycles. The summed E-state index contributed by atoms with van der Waals surface area (Å²) in [5, 5.41) is 0. The zero-order valence-corrected chi connectivity index (χ0v) is 7.12. The number of imidazole rings is 1. The second-order valence-electron chi connectivity index (χ2n) is 2.80. The third kappa shape index (κ3) is 1.80. The summed E-state index contributed by atoms with van der Waals surface area (Å²) in [4.78, 5) is 4.04. The van der Waals surface area contributed by atoms with Gasteiger partial charge in [0.15, 0.2) is 0 Å². The number of hydrogen-bond acceptors (Lipinski definition) is 2. The molecule has 1 aromatic rings. The Kier molecular flexibility index (Phi) is 2.65. The Hall–Kier alpha value is -0.830. The topological polar surface area (TPSA) is 43.8 Å². The molecule has 0 bridgehead atoms. The standard InChI is InChI=1S/C8H15N3/c1-3-4-11-6-10-5-8(11)7(2)9/h5-7H,3-4,9H2,1-2H3/t7-/m0/s1. The van der Waals surface area contributed by atoms with Gasteiger partial charge in [0.1, 0.15) is 0 Å².